The number of rotatable bonds is 9. The van der Waals surface area contributed by atoms with E-state index >= 15 is 0 Å². The van der Waals surface area contributed by atoms with Gasteiger partial charge in [-0.25, -0.2) is 9.37 Å². The van der Waals surface area contributed by atoms with Crippen LogP contribution in [0.2, 0.25) is 0 Å². The van der Waals surface area contributed by atoms with Crippen molar-refractivity contribution in [1.29, 1.82) is 0 Å². The van der Waals surface area contributed by atoms with Gasteiger partial charge in [-0.1, -0.05) is 36.4 Å². The van der Waals surface area contributed by atoms with Crippen LogP contribution in [0.3, 0.4) is 0 Å². The first-order chi connectivity index (χ1) is 18.0. The number of thiazole rings is 1. The van der Waals surface area contributed by atoms with E-state index in [2.05, 4.69) is 17.0 Å². The topological polar surface area (TPSA) is 56.1 Å². The summed E-state index contributed by atoms with van der Waals surface area (Å²) in [5.74, 6) is 1.03. The third-order valence-corrected chi connectivity index (χ3v) is 6.91. The average Bonchev–Trinajstić information content (AvgIpc) is 3.34. The van der Waals surface area contributed by atoms with Crippen molar-refractivity contribution in [3.8, 4) is 22.8 Å². The summed E-state index contributed by atoms with van der Waals surface area (Å²) in [6.45, 7) is 1.79. The Kier molecular flexibility index (Phi) is 7.30. The molecule has 0 spiro atoms. The second-order valence-corrected chi connectivity index (χ2v) is 9.49. The standard InChI is InChI=1S/C29H26FN3O3S/c1-35-26-13-8-21(14-27(26)36-2)17-32(16-20-6-4-3-5-7-20)18-24-15-28(34)33-25(19-37-29(33)31-24)22-9-11-23(30)12-10-22/h3-15,19H,16-18H2,1-2H3. The molecule has 0 saturated carbocycles. The predicted octanol–water partition coefficient (Wildman–Crippen LogP) is 5.78. The number of hydrogen-bond donors (Lipinski definition) is 0. The number of methoxy groups -OCH3 is 2. The van der Waals surface area contributed by atoms with Gasteiger partial charge < -0.3 is 9.47 Å². The van der Waals surface area contributed by atoms with E-state index in [1.165, 1.54) is 23.5 Å². The van der Waals surface area contributed by atoms with Crippen molar-refractivity contribution >= 4 is 16.3 Å². The quantitative estimate of drug-likeness (QED) is 0.249. The van der Waals surface area contributed by atoms with Crippen LogP contribution < -0.4 is 15.0 Å². The maximum Gasteiger partial charge on any atom is 0.259 e. The summed E-state index contributed by atoms with van der Waals surface area (Å²) in [4.78, 5) is 20.8. The Bertz CT molecular complexity index is 1570. The van der Waals surface area contributed by atoms with E-state index in [-0.39, 0.29) is 11.4 Å². The maximum absolute atomic E-state index is 13.4. The fraction of sp³-hybridized carbons (Fsp3) is 0.172. The Balaban J connectivity index is 1.46. The smallest absolute Gasteiger partial charge is 0.259 e. The summed E-state index contributed by atoms with van der Waals surface area (Å²) in [6, 6.07) is 23.8. The molecule has 0 aliphatic carbocycles. The SMILES string of the molecule is COc1ccc(CN(Cc2ccccc2)Cc2cc(=O)n3c(-c4ccc(F)cc4)csc3n2)cc1OC. The van der Waals surface area contributed by atoms with Crippen LogP contribution in [0, 0.1) is 5.82 Å². The number of ether oxygens (including phenoxy) is 2. The van der Waals surface area contributed by atoms with Gasteiger partial charge >= 0.3 is 0 Å². The van der Waals surface area contributed by atoms with E-state index in [1.807, 2.05) is 41.8 Å². The van der Waals surface area contributed by atoms with Crippen LogP contribution >= 0.6 is 11.3 Å². The molecule has 188 valence electrons. The third-order valence-electron chi connectivity index (χ3n) is 6.09. The van der Waals surface area contributed by atoms with Crippen LogP contribution in [0.5, 0.6) is 11.5 Å². The molecule has 0 radical (unpaired) electrons. The number of hydrogen-bond acceptors (Lipinski definition) is 6. The lowest BCUT2D eigenvalue weighted by Crippen LogP contribution is -2.25. The first-order valence-corrected chi connectivity index (χ1v) is 12.7. The Morgan fingerprint density at radius 1 is 0.865 bits per heavy atom. The third kappa shape index (κ3) is 5.55. The van der Waals surface area contributed by atoms with Gasteiger partial charge in [-0.3, -0.25) is 14.1 Å². The van der Waals surface area contributed by atoms with Crippen molar-refractivity contribution in [2.75, 3.05) is 14.2 Å². The van der Waals surface area contributed by atoms with Crippen molar-refractivity contribution in [2.24, 2.45) is 0 Å². The van der Waals surface area contributed by atoms with Crippen molar-refractivity contribution in [2.45, 2.75) is 19.6 Å². The van der Waals surface area contributed by atoms with Gasteiger partial charge in [0.15, 0.2) is 16.5 Å². The monoisotopic (exact) mass is 515 g/mol. The second-order valence-electron chi connectivity index (χ2n) is 8.65. The molecule has 0 aliphatic heterocycles. The van der Waals surface area contributed by atoms with Crippen LogP contribution in [0.1, 0.15) is 16.8 Å². The van der Waals surface area contributed by atoms with Gasteiger partial charge in [0.25, 0.3) is 5.56 Å². The van der Waals surface area contributed by atoms with E-state index < -0.39 is 0 Å². The number of nitrogens with zero attached hydrogens (tertiary/aromatic N) is 3. The molecular weight excluding hydrogens is 489 g/mol. The Morgan fingerprint density at radius 2 is 1.59 bits per heavy atom. The van der Waals surface area contributed by atoms with Gasteiger partial charge in [0.2, 0.25) is 0 Å². The van der Waals surface area contributed by atoms with Crippen LogP contribution in [0.25, 0.3) is 16.2 Å². The summed E-state index contributed by atoms with van der Waals surface area (Å²) in [5.41, 5.74) is 4.22. The van der Waals surface area contributed by atoms with Crippen molar-refractivity contribution in [3.63, 3.8) is 0 Å². The zero-order valence-electron chi connectivity index (χ0n) is 20.6. The number of fused-ring (bicyclic) bond motifs is 1. The second kappa shape index (κ2) is 10.9. The number of aromatic nitrogens is 2. The zero-order valence-corrected chi connectivity index (χ0v) is 21.4. The van der Waals surface area contributed by atoms with Crippen LogP contribution in [0.15, 0.2) is 89.0 Å². The molecule has 0 atom stereocenters. The van der Waals surface area contributed by atoms with E-state index in [9.17, 15) is 9.18 Å². The maximum atomic E-state index is 13.4. The Labute approximate surface area is 218 Å². The lowest BCUT2D eigenvalue weighted by molar-refractivity contribution is 0.244. The first-order valence-electron chi connectivity index (χ1n) is 11.8. The highest BCUT2D eigenvalue weighted by molar-refractivity contribution is 7.15. The molecule has 6 nitrogen and oxygen atoms in total. The van der Waals surface area contributed by atoms with Gasteiger partial charge in [-0.05, 0) is 53.1 Å². The zero-order chi connectivity index (χ0) is 25.8. The normalized spacial score (nSPS) is 11.2. The van der Waals surface area contributed by atoms with Crippen LogP contribution in [0.4, 0.5) is 4.39 Å². The van der Waals surface area contributed by atoms with Gasteiger partial charge in [0.1, 0.15) is 5.82 Å². The Morgan fingerprint density at radius 3 is 2.32 bits per heavy atom. The molecule has 0 amide bonds. The van der Waals surface area contributed by atoms with E-state index in [0.717, 1.165) is 16.7 Å². The highest BCUT2D eigenvalue weighted by Crippen LogP contribution is 2.29. The van der Waals surface area contributed by atoms with E-state index in [0.29, 0.717) is 47.5 Å². The minimum absolute atomic E-state index is 0.161. The molecule has 0 unspecified atom stereocenters. The average molecular weight is 516 g/mol. The minimum Gasteiger partial charge on any atom is -0.493 e. The molecule has 2 heterocycles. The van der Waals surface area contributed by atoms with Gasteiger partial charge in [-0.2, -0.15) is 0 Å². The molecule has 0 saturated heterocycles. The highest BCUT2D eigenvalue weighted by Gasteiger charge is 2.15. The van der Waals surface area contributed by atoms with Crippen molar-refractivity contribution < 1.29 is 13.9 Å². The summed E-state index contributed by atoms with van der Waals surface area (Å²) < 4.78 is 25.8. The van der Waals surface area contributed by atoms with Crippen molar-refractivity contribution in [1.82, 2.24) is 14.3 Å². The Hall–Kier alpha value is -4.01. The molecule has 2 aromatic heterocycles. The number of benzene rings is 3. The molecule has 0 N–H and O–H groups in total. The lowest BCUT2D eigenvalue weighted by Gasteiger charge is -2.23. The molecule has 0 aliphatic rings. The molecular formula is C29H26FN3O3S. The molecule has 3 aromatic carbocycles. The number of halogens is 1. The first kappa shape index (κ1) is 24.7. The molecule has 37 heavy (non-hydrogen) atoms. The van der Waals surface area contributed by atoms with E-state index in [4.69, 9.17) is 14.5 Å². The fourth-order valence-corrected chi connectivity index (χ4v) is 5.27. The summed E-state index contributed by atoms with van der Waals surface area (Å²) in [7, 11) is 3.24. The fourth-order valence-electron chi connectivity index (χ4n) is 4.34. The molecule has 0 bridgehead atoms. The molecule has 5 rings (SSSR count). The van der Waals surface area contributed by atoms with Crippen LogP contribution in [-0.4, -0.2) is 28.5 Å². The molecule has 0 fully saturated rings. The summed E-state index contributed by atoms with van der Waals surface area (Å²) in [6.07, 6.45) is 0. The largest absolute Gasteiger partial charge is 0.493 e. The van der Waals surface area contributed by atoms with E-state index in [1.54, 1.807) is 36.8 Å². The van der Waals surface area contributed by atoms with Crippen LogP contribution in [-0.2, 0) is 19.6 Å². The van der Waals surface area contributed by atoms with Crippen molar-refractivity contribution in [3.05, 3.63) is 117 Å². The van der Waals surface area contributed by atoms with Gasteiger partial charge in [0.05, 0.1) is 25.6 Å². The lowest BCUT2D eigenvalue weighted by atomic mass is 10.1. The molecule has 8 heteroatoms. The molecule has 5 aromatic rings. The minimum atomic E-state index is -0.316. The predicted molar refractivity (Wildman–Crippen MR) is 144 cm³/mol. The highest BCUT2D eigenvalue weighted by atomic mass is 32.1. The van der Waals surface area contributed by atoms with Gasteiger partial charge in [0, 0.05) is 31.1 Å². The summed E-state index contributed by atoms with van der Waals surface area (Å²) >= 11 is 1.39. The summed E-state index contributed by atoms with van der Waals surface area (Å²) in [5, 5.41) is 1.88. The van der Waals surface area contributed by atoms with Gasteiger partial charge in [-0.15, -0.1) is 11.3 Å².